The third-order valence-corrected chi connectivity index (χ3v) is 7.71. The Labute approximate surface area is 238 Å². The van der Waals surface area contributed by atoms with Crippen molar-refractivity contribution in [2.24, 2.45) is 0 Å². The Morgan fingerprint density at radius 2 is 1.39 bits per heavy atom. The SMILES string of the molecule is C=Cc1c(CC)n(-c2nc(C(=C)C)nc(-c3ccccc3)n2)c2cc(-n3c4ccccc4c4ccccc43)ccc12. The second kappa shape index (κ2) is 9.72. The Hall–Kier alpha value is -5.29. The number of rotatable bonds is 6. The van der Waals surface area contributed by atoms with Gasteiger partial charge in [-0.1, -0.05) is 99.0 Å². The van der Waals surface area contributed by atoms with Crippen LogP contribution in [0.3, 0.4) is 0 Å². The van der Waals surface area contributed by atoms with Crippen molar-refractivity contribution in [3.05, 3.63) is 127 Å². The van der Waals surface area contributed by atoms with Crippen LogP contribution in [0.25, 0.3) is 67.4 Å². The highest BCUT2D eigenvalue weighted by molar-refractivity contribution is 6.09. The fourth-order valence-corrected chi connectivity index (χ4v) is 5.87. The summed E-state index contributed by atoms with van der Waals surface area (Å²) in [5.41, 5.74) is 8.35. The summed E-state index contributed by atoms with van der Waals surface area (Å²) in [6.07, 6.45) is 2.73. The van der Waals surface area contributed by atoms with Crippen molar-refractivity contribution in [2.75, 3.05) is 0 Å². The van der Waals surface area contributed by atoms with Crippen LogP contribution >= 0.6 is 0 Å². The van der Waals surface area contributed by atoms with E-state index in [-0.39, 0.29) is 0 Å². The molecule has 0 spiro atoms. The van der Waals surface area contributed by atoms with Gasteiger partial charge in [0, 0.05) is 38.7 Å². The smallest absolute Gasteiger partial charge is 0.238 e. The zero-order valence-corrected chi connectivity index (χ0v) is 23.2. The molecule has 7 aromatic rings. The van der Waals surface area contributed by atoms with Gasteiger partial charge < -0.3 is 4.57 Å². The molecule has 0 radical (unpaired) electrons. The fourth-order valence-electron chi connectivity index (χ4n) is 5.87. The first-order valence-corrected chi connectivity index (χ1v) is 13.8. The Bertz CT molecular complexity index is 2080. The lowest BCUT2D eigenvalue weighted by Gasteiger charge is -2.13. The predicted molar refractivity (Wildman–Crippen MR) is 171 cm³/mol. The molecule has 0 aliphatic rings. The van der Waals surface area contributed by atoms with Crippen molar-refractivity contribution < 1.29 is 0 Å². The molecule has 0 aliphatic carbocycles. The minimum Gasteiger partial charge on any atom is -0.309 e. The third kappa shape index (κ3) is 3.89. The number of hydrogen-bond acceptors (Lipinski definition) is 3. The van der Waals surface area contributed by atoms with E-state index in [4.69, 9.17) is 15.0 Å². The molecule has 41 heavy (non-hydrogen) atoms. The molecule has 0 saturated heterocycles. The van der Waals surface area contributed by atoms with Crippen LogP contribution in [0.5, 0.6) is 0 Å². The third-order valence-electron chi connectivity index (χ3n) is 7.71. The lowest BCUT2D eigenvalue weighted by molar-refractivity contribution is 0.860. The highest BCUT2D eigenvalue weighted by Crippen LogP contribution is 2.36. The van der Waals surface area contributed by atoms with E-state index in [2.05, 4.69) is 95.9 Å². The molecule has 198 valence electrons. The Morgan fingerprint density at radius 1 is 0.732 bits per heavy atom. The van der Waals surface area contributed by atoms with Crippen LogP contribution in [0.15, 0.2) is 110 Å². The average molecular weight is 532 g/mol. The summed E-state index contributed by atoms with van der Waals surface area (Å²) in [5, 5.41) is 3.58. The normalized spacial score (nSPS) is 11.5. The molecule has 0 atom stereocenters. The zero-order chi connectivity index (χ0) is 28.1. The highest BCUT2D eigenvalue weighted by Gasteiger charge is 2.21. The Balaban J connectivity index is 1.55. The van der Waals surface area contributed by atoms with Gasteiger partial charge in [-0.25, -0.2) is 4.98 Å². The molecule has 0 fully saturated rings. The summed E-state index contributed by atoms with van der Waals surface area (Å²) in [6.45, 7) is 12.4. The van der Waals surface area contributed by atoms with E-state index in [0.29, 0.717) is 17.6 Å². The van der Waals surface area contributed by atoms with E-state index in [1.54, 1.807) is 0 Å². The second-order valence-corrected chi connectivity index (χ2v) is 10.3. The van der Waals surface area contributed by atoms with Crippen molar-refractivity contribution in [1.29, 1.82) is 0 Å². The van der Waals surface area contributed by atoms with Gasteiger partial charge in [-0.05, 0) is 43.2 Å². The largest absolute Gasteiger partial charge is 0.309 e. The lowest BCUT2D eigenvalue weighted by atomic mass is 10.1. The Morgan fingerprint density at radius 3 is 2.02 bits per heavy atom. The molecule has 0 amide bonds. The molecule has 3 heterocycles. The maximum atomic E-state index is 5.01. The molecule has 4 aromatic carbocycles. The molecule has 7 rings (SSSR count). The van der Waals surface area contributed by atoms with Crippen molar-refractivity contribution >= 4 is 44.4 Å². The number of fused-ring (bicyclic) bond motifs is 4. The predicted octanol–water partition coefficient (Wildman–Crippen LogP) is 8.82. The number of allylic oxidation sites excluding steroid dienone is 1. The van der Waals surface area contributed by atoms with Crippen LogP contribution in [-0.4, -0.2) is 24.1 Å². The van der Waals surface area contributed by atoms with Crippen molar-refractivity contribution in [3.8, 4) is 23.0 Å². The molecule has 0 unspecified atom stereocenters. The van der Waals surface area contributed by atoms with Crippen LogP contribution < -0.4 is 0 Å². The summed E-state index contributed by atoms with van der Waals surface area (Å²) >= 11 is 0. The first-order chi connectivity index (χ1) is 20.1. The van der Waals surface area contributed by atoms with Gasteiger partial charge in [0.25, 0.3) is 0 Å². The summed E-state index contributed by atoms with van der Waals surface area (Å²) in [4.78, 5) is 14.7. The van der Waals surface area contributed by atoms with Crippen molar-refractivity contribution in [1.82, 2.24) is 24.1 Å². The summed E-state index contributed by atoms with van der Waals surface area (Å²) in [6, 6.07) is 33.8. The summed E-state index contributed by atoms with van der Waals surface area (Å²) in [5.74, 6) is 1.78. The van der Waals surface area contributed by atoms with Crippen LogP contribution in [-0.2, 0) is 6.42 Å². The van der Waals surface area contributed by atoms with Crippen LogP contribution in [0.1, 0.15) is 30.9 Å². The molecule has 0 aliphatic heterocycles. The minimum absolute atomic E-state index is 0.575. The standard InChI is InChI=1S/C36H29N5/c1-5-26-29-21-20-25(40-31-18-12-10-16-27(31)28-17-11-13-19-32(28)40)22-33(29)41(30(26)6-2)36-38-34(23(3)4)37-35(39-36)24-14-8-7-9-15-24/h5,7-22H,1,3,6H2,2,4H3. The summed E-state index contributed by atoms with van der Waals surface area (Å²) in [7, 11) is 0. The van der Waals surface area contributed by atoms with Crippen molar-refractivity contribution in [3.63, 3.8) is 0 Å². The fraction of sp³-hybridized carbons (Fsp3) is 0.0833. The van der Waals surface area contributed by atoms with Gasteiger partial charge >= 0.3 is 0 Å². The van der Waals surface area contributed by atoms with Gasteiger partial charge in [0.15, 0.2) is 11.6 Å². The van der Waals surface area contributed by atoms with Crippen LogP contribution in [0.2, 0.25) is 0 Å². The highest BCUT2D eigenvalue weighted by atomic mass is 15.2. The number of nitrogens with zero attached hydrogens (tertiary/aromatic N) is 5. The summed E-state index contributed by atoms with van der Waals surface area (Å²) < 4.78 is 4.51. The molecular weight excluding hydrogens is 502 g/mol. The number of hydrogen-bond donors (Lipinski definition) is 0. The van der Waals surface area contributed by atoms with E-state index in [9.17, 15) is 0 Å². The topological polar surface area (TPSA) is 48.5 Å². The van der Waals surface area contributed by atoms with Crippen LogP contribution in [0.4, 0.5) is 0 Å². The second-order valence-electron chi connectivity index (χ2n) is 10.3. The number of benzene rings is 4. The van der Waals surface area contributed by atoms with Gasteiger partial charge in [0.05, 0.1) is 16.6 Å². The van der Waals surface area contributed by atoms with E-state index in [0.717, 1.165) is 45.4 Å². The minimum atomic E-state index is 0.575. The first-order valence-electron chi connectivity index (χ1n) is 13.8. The zero-order valence-electron chi connectivity index (χ0n) is 23.2. The van der Waals surface area contributed by atoms with Gasteiger partial charge in [-0.15, -0.1) is 0 Å². The molecule has 0 saturated carbocycles. The first kappa shape index (κ1) is 24.7. The van der Waals surface area contributed by atoms with Crippen molar-refractivity contribution in [2.45, 2.75) is 20.3 Å². The Kier molecular flexibility index (Phi) is 5.86. The van der Waals surface area contributed by atoms with E-state index >= 15 is 0 Å². The molecule has 5 nitrogen and oxygen atoms in total. The maximum absolute atomic E-state index is 5.01. The number of para-hydroxylation sites is 2. The molecule has 0 bridgehead atoms. The molecule has 5 heteroatoms. The van der Waals surface area contributed by atoms with Gasteiger partial charge in [0.1, 0.15) is 0 Å². The monoisotopic (exact) mass is 531 g/mol. The average Bonchev–Trinajstić information content (AvgIpc) is 3.53. The van der Waals surface area contributed by atoms with Gasteiger partial charge in [-0.2, -0.15) is 9.97 Å². The van der Waals surface area contributed by atoms with E-state index in [1.807, 2.05) is 43.3 Å². The van der Waals surface area contributed by atoms with E-state index < -0.39 is 0 Å². The number of aromatic nitrogens is 5. The maximum Gasteiger partial charge on any atom is 0.238 e. The van der Waals surface area contributed by atoms with Crippen LogP contribution in [0, 0.1) is 0 Å². The quantitative estimate of drug-likeness (QED) is 0.215. The van der Waals surface area contributed by atoms with Gasteiger partial charge in [-0.3, -0.25) is 4.57 Å². The molecular formula is C36H29N5. The van der Waals surface area contributed by atoms with Gasteiger partial charge in [0.2, 0.25) is 5.95 Å². The molecule has 0 N–H and O–H groups in total. The van der Waals surface area contributed by atoms with E-state index in [1.165, 1.54) is 21.8 Å². The molecule has 3 aromatic heterocycles. The lowest BCUT2D eigenvalue weighted by Crippen LogP contribution is -2.10.